The molecule has 1 unspecified atom stereocenters. The molecule has 1 atom stereocenters. The average molecular weight is 638 g/mol. The van der Waals surface area contributed by atoms with Crippen LogP contribution < -0.4 is 5.32 Å². The molecule has 1 fully saturated rings. The van der Waals surface area contributed by atoms with Crippen LogP contribution in [0.25, 0.3) is 0 Å². The van der Waals surface area contributed by atoms with E-state index in [1.54, 1.807) is 42.3 Å². The Bertz CT molecular complexity index is 1110. The molecule has 42 heavy (non-hydrogen) atoms. The summed E-state index contributed by atoms with van der Waals surface area (Å²) in [6.45, 7) is 16.8. The predicted octanol–water partition coefficient (Wildman–Crippen LogP) is 8.82. The van der Waals surface area contributed by atoms with Crippen molar-refractivity contribution in [2.45, 2.75) is 58.9 Å². The molecule has 3 rings (SSSR count). The summed E-state index contributed by atoms with van der Waals surface area (Å²) in [6.07, 6.45) is 9.35. The molecule has 2 N–H and O–H groups in total. The van der Waals surface area contributed by atoms with Crippen molar-refractivity contribution in [2.24, 2.45) is 0 Å². The van der Waals surface area contributed by atoms with Crippen LogP contribution in [0, 0.1) is 0 Å². The van der Waals surface area contributed by atoms with Gasteiger partial charge >= 0.3 is 5.97 Å². The number of ether oxygens (including phenoxy) is 1. The highest BCUT2D eigenvalue weighted by atomic mass is 35.5. The number of nitrogens with one attached hydrogen (secondary N) is 1. The Morgan fingerprint density at radius 2 is 1.64 bits per heavy atom. The van der Waals surface area contributed by atoms with Gasteiger partial charge in [-0.05, 0) is 54.4 Å². The van der Waals surface area contributed by atoms with E-state index in [0.29, 0.717) is 12.3 Å². The first-order valence-corrected chi connectivity index (χ1v) is 16.0. The third-order valence-corrected chi connectivity index (χ3v) is 7.52. The molecule has 6 nitrogen and oxygen atoms in total. The third kappa shape index (κ3) is 14.0. The number of allylic oxidation sites excluding steroid dienone is 3. The molecule has 0 bridgehead atoms. The summed E-state index contributed by atoms with van der Waals surface area (Å²) in [6, 6.07) is 12.2. The van der Waals surface area contributed by atoms with E-state index in [9.17, 15) is 9.59 Å². The van der Waals surface area contributed by atoms with E-state index in [1.807, 2.05) is 39.8 Å². The van der Waals surface area contributed by atoms with Crippen molar-refractivity contribution in [3.8, 4) is 0 Å². The molecule has 0 aliphatic carbocycles. The normalized spacial score (nSPS) is 13.6. The van der Waals surface area contributed by atoms with Gasteiger partial charge in [-0.1, -0.05) is 118 Å². The van der Waals surface area contributed by atoms with Gasteiger partial charge in [-0.2, -0.15) is 0 Å². The second-order valence-electron chi connectivity index (χ2n) is 8.56. The topological polar surface area (TPSA) is 78.9 Å². The van der Waals surface area contributed by atoms with Gasteiger partial charge in [-0.25, -0.2) is 4.79 Å². The lowest BCUT2D eigenvalue weighted by atomic mass is 9.89. The fourth-order valence-electron chi connectivity index (χ4n) is 3.99. The van der Waals surface area contributed by atoms with Crippen molar-refractivity contribution in [2.75, 3.05) is 26.5 Å². The number of carbonyl (C=O) groups excluding carboxylic acids is 2. The lowest BCUT2D eigenvalue weighted by molar-refractivity contribution is -0.142. The number of carbonyl (C=O) groups is 2. The van der Waals surface area contributed by atoms with Crippen molar-refractivity contribution in [3.05, 3.63) is 106 Å². The van der Waals surface area contributed by atoms with Crippen molar-refractivity contribution in [3.63, 3.8) is 0 Å². The van der Waals surface area contributed by atoms with E-state index >= 15 is 0 Å². The van der Waals surface area contributed by atoms with E-state index in [-0.39, 0.29) is 21.4 Å². The molecule has 0 aromatic heterocycles. The van der Waals surface area contributed by atoms with Gasteiger partial charge in [0.25, 0.3) is 5.91 Å². The number of amides is 1. The molecule has 1 heterocycles. The minimum absolute atomic E-state index is 0.0555. The first-order chi connectivity index (χ1) is 20.2. The summed E-state index contributed by atoms with van der Waals surface area (Å²) in [5.41, 5.74) is 2.39. The Kier molecular flexibility index (Phi) is 21.4. The van der Waals surface area contributed by atoms with E-state index in [2.05, 4.69) is 41.2 Å². The predicted molar refractivity (Wildman–Crippen MR) is 181 cm³/mol. The first kappa shape index (κ1) is 39.3. The summed E-state index contributed by atoms with van der Waals surface area (Å²) in [5, 5.41) is 11.5. The molecule has 9 heteroatoms. The van der Waals surface area contributed by atoms with E-state index in [0.717, 1.165) is 31.5 Å². The van der Waals surface area contributed by atoms with Crippen molar-refractivity contribution in [1.29, 1.82) is 0 Å². The number of hydrogen-bond donors (Lipinski definition) is 2. The largest absolute Gasteiger partial charge is 0.509 e. The number of halogens is 2. The second kappa shape index (κ2) is 22.8. The maximum absolute atomic E-state index is 12.7. The number of nitrogens with zero attached hydrogens (tertiary/aromatic N) is 1. The summed E-state index contributed by atoms with van der Waals surface area (Å²) >= 11 is 14.1. The number of benzene rings is 2. The molecular weight excluding hydrogens is 591 g/mol. The number of methoxy groups -OCH3 is 1. The van der Waals surface area contributed by atoms with Gasteiger partial charge < -0.3 is 15.2 Å². The van der Waals surface area contributed by atoms with Gasteiger partial charge in [-0.3, -0.25) is 9.10 Å². The van der Waals surface area contributed by atoms with Crippen LogP contribution in [0.15, 0.2) is 79.6 Å². The number of piperidine rings is 1. The number of aliphatic hydroxyl groups excluding tert-OH is 1. The van der Waals surface area contributed by atoms with Gasteiger partial charge in [0.05, 0.1) is 22.7 Å². The highest BCUT2D eigenvalue weighted by Crippen LogP contribution is 2.30. The van der Waals surface area contributed by atoms with Gasteiger partial charge in [0.1, 0.15) is 11.8 Å². The molecule has 1 saturated heterocycles. The fourth-order valence-corrected chi connectivity index (χ4v) is 5.14. The maximum Gasteiger partial charge on any atom is 0.328 e. The van der Waals surface area contributed by atoms with E-state index in [4.69, 9.17) is 33.0 Å². The van der Waals surface area contributed by atoms with Crippen LogP contribution in [-0.2, 0) is 16.0 Å². The quantitative estimate of drug-likeness (QED) is 0.124. The minimum Gasteiger partial charge on any atom is -0.509 e. The number of hydrogen-bond acceptors (Lipinski definition) is 6. The molecule has 2 aromatic carbocycles. The molecular formula is C33H46Cl2N2O4S. The Balaban J connectivity index is 0.00000132. The van der Waals surface area contributed by atoms with Gasteiger partial charge in [0.2, 0.25) is 0 Å². The van der Waals surface area contributed by atoms with Gasteiger partial charge in [0, 0.05) is 19.5 Å². The highest BCUT2D eigenvalue weighted by Gasteiger charge is 2.25. The fraction of sp³-hybridized carbons (Fsp3) is 0.394. The average Bonchev–Trinajstić information content (AvgIpc) is 3.02. The summed E-state index contributed by atoms with van der Waals surface area (Å²) in [5.74, 6) is -0.427. The van der Waals surface area contributed by atoms with Crippen LogP contribution in [0.1, 0.15) is 67.9 Å². The van der Waals surface area contributed by atoms with Crippen molar-refractivity contribution >= 4 is 47.0 Å². The molecule has 0 saturated carbocycles. The number of aliphatic hydroxyl groups is 1. The highest BCUT2D eigenvalue weighted by molar-refractivity contribution is 7.96. The summed E-state index contributed by atoms with van der Waals surface area (Å²) in [4.78, 5) is 25.0. The van der Waals surface area contributed by atoms with Crippen LogP contribution in [0.3, 0.4) is 0 Å². The molecule has 1 aliphatic heterocycles. The number of esters is 1. The second-order valence-corrected chi connectivity index (χ2v) is 10.3. The molecule has 2 aromatic rings. The summed E-state index contributed by atoms with van der Waals surface area (Å²) < 4.78 is 7.28. The summed E-state index contributed by atoms with van der Waals surface area (Å²) in [7, 11) is 1.30. The third-order valence-electron chi connectivity index (χ3n) is 6.01. The van der Waals surface area contributed by atoms with Gasteiger partial charge in [0.15, 0.2) is 0 Å². The Labute approximate surface area is 267 Å². The van der Waals surface area contributed by atoms with Gasteiger partial charge in [-0.15, -0.1) is 0 Å². The van der Waals surface area contributed by atoms with Crippen LogP contribution in [0.4, 0.5) is 0 Å². The minimum atomic E-state index is -0.847. The first-order valence-electron chi connectivity index (χ1n) is 14.1. The SMILES string of the molecule is C=C/C=C\C(=C)O.CC.CC.COC(=O)C(Cc1ccc(C2CCN(SC)CC2)cc1)NC(=O)c1c(Cl)cccc1Cl. The van der Waals surface area contributed by atoms with Crippen molar-refractivity contribution < 1.29 is 19.4 Å². The Morgan fingerprint density at radius 3 is 2.07 bits per heavy atom. The maximum atomic E-state index is 12.7. The standard InChI is InChI=1S/C23H26Cl2N2O3S.C6H8O.2C2H6/c1-30-23(29)20(26-22(28)21-18(24)4-3-5-19(21)25)14-15-6-8-16(9-7-15)17-10-12-27(31-2)13-11-17;1-3-4-5-6(2)7;2*1-2/h3-9,17,20H,10-14H2,1-2H3,(H,26,28);3-5,7H,1-2H2;2*1-2H3/b;5-4-;;. The molecule has 232 valence electrons. The lowest BCUT2D eigenvalue weighted by Gasteiger charge is -2.30. The van der Waals surface area contributed by atoms with E-state index < -0.39 is 17.9 Å². The Morgan fingerprint density at radius 1 is 1.10 bits per heavy atom. The van der Waals surface area contributed by atoms with Crippen LogP contribution in [-0.4, -0.2) is 53.8 Å². The zero-order valence-corrected chi connectivity index (χ0v) is 28.0. The smallest absolute Gasteiger partial charge is 0.328 e. The van der Waals surface area contributed by atoms with Crippen molar-refractivity contribution in [1.82, 2.24) is 9.62 Å². The zero-order valence-electron chi connectivity index (χ0n) is 25.7. The van der Waals surface area contributed by atoms with Crippen LogP contribution >= 0.6 is 35.1 Å². The molecule has 0 spiro atoms. The van der Waals surface area contributed by atoms with Crippen LogP contribution in [0.5, 0.6) is 0 Å². The monoisotopic (exact) mass is 636 g/mol. The molecule has 0 radical (unpaired) electrons. The lowest BCUT2D eigenvalue weighted by Crippen LogP contribution is -2.43. The zero-order chi connectivity index (χ0) is 32.1. The number of rotatable bonds is 9. The van der Waals surface area contributed by atoms with Crippen LogP contribution in [0.2, 0.25) is 10.0 Å². The Hall–Kier alpha value is -2.71. The molecule has 1 amide bonds. The molecule has 1 aliphatic rings. The van der Waals surface area contributed by atoms with E-state index in [1.165, 1.54) is 18.7 Å².